The lowest BCUT2D eigenvalue weighted by Crippen LogP contribution is -2.28. The predicted molar refractivity (Wildman–Crippen MR) is 86.5 cm³/mol. The lowest BCUT2D eigenvalue weighted by molar-refractivity contribution is 0.0163. The maximum absolute atomic E-state index is 10.3. The van der Waals surface area contributed by atoms with Crippen molar-refractivity contribution in [2.75, 3.05) is 0 Å². The minimum Gasteiger partial charge on any atom is -0.389 e. The van der Waals surface area contributed by atoms with Crippen molar-refractivity contribution in [1.82, 2.24) is 0 Å². The molecule has 1 heterocycles. The molecule has 0 aromatic heterocycles. The van der Waals surface area contributed by atoms with E-state index in [2.05, 4.69) is 42.5 Å². The van der Waals surface area contributed by atoms with E-state index in [4.69, 9.17) is 0 Å². The molecule has 5 rings (SSSR count). The van der Waals surface area contributed by atoms with Crippen LogP contribution in [0.2, 0.25) is 0 Å². The van der Waals surface area contributed by atoms with Crippen LogP contribution in [0.4, 0.5) is 0 Å². The molecule has 1 saturated heterocycles. The average molecular weight is 294 g/mol. The Morgan fingerprint density at radius 1 is 0.857 bits per heavy atom. The van der Waals surface area contributed by atoms with Crippen LogP contribution in [0.5, 0.6) is 0 Å². The second-order valence-corrected chi connectivity index (χ2v) is 7.27. The minimum absolute atomic E-state index is 0.157. The Labute approximate surface area is 126 Å². The van der Waals surface area contributed by atoms with E-state index in [9.17, 15) is 10.2 Å². The first kappa shape index (κ1) is 12.0. The highest BCUT2D eigenvalue weighted by Crippen LogP contribution is 2.63. The Balaban J connectivity index is 1.87. The number of rotatable bonds is 0. The van der Waals surface area contributed by atoms with Crippen LogP contribution >= 0.6 is 11.8 Å². The average Bonchev–Trinajstić information content (AvgIpc) is 3.30. The van der Waals surface area contributed by atoms with Crippen LogP contribution in [-0.4, -0.2) is 21.6 Å². The highest BCUT2D eigenvalue weighted by atomic mass is 32.2. The normalized spacial score (nSPS) is 30.2. The highest BCUT2D eigenvalue weighted by molar-refractivity contribution is 8.07. The third-order valence-corrected chi connectivity index (χ3v) is 6.12. The zero-order chi connectivity index (χ0) is 14.1. The maximum atomic E-state index is 10.3. The van der Waals surface area contributed by atoms with E-state index in [0.29, 0.717) is 5.25 Å². The molecule has 3 heteroatoms. The molecule has 3 aromatic carbocycles. The van der Waals surface area contributed by atoms with Crippen molar-refractivity contribution in [3.63, 3.8) is 0 Å². The predicted octanol–water partition coefficient (Wildman–Crippen LogP) is 3.56. The fraction of sp³-hybridized carbons (Fsp3) is 0.222. The molecule has 2 N–H and O–H groups in total. The van der Waals surface area contributed by atoms with Gasteiger partial charge in [-0.15, -0.1) is 11.8 Å². The molecule has 2 nitrogen and oxygen atoms in total. The lowest BCUT2D eigenvalue weighted by Gasteiger charge is -2.26. The number of hydrogen-bond donors (Lipinski definition) is 2. The number of benzene rings is 3. The van der Waals surface area contributed by atoms with E-state index in [1.807, 2.05) is 6.07 Å². The summed E-state index contributed by atoms with van der Waals surface area (Å²) in [5.41, 5.74) is 2.13. The minimum atomic E-state index is -0.757. The number of fused-ring (bicyclic) bond motifs is 6. The van der Waals surface area contributed by atoms with E-state index in [0.717, 1.165) is 5.56 Å². The van der Waals surface area contributed by atoms with Crippen molar-refractivity contribution in [3.05, 3.63) is 59.7 Å². The molecule has 0 radical (unpaired) electrons. The highest BCUT2D eigenvalue weighted by Gasteiger charge is 2.53. The molecule has 104 valence electrons. The van der Waals surface area contributed by atoms with Crippen LogP contribution in [0, 0.1) is 0 Å². The van der Waals surface area contributed by atoms with Gasteiger partial charge in [-0.2, -0.15) is 0 Å². The van der Waals surface area contributed by atoms with Gasteiger partial charge >= 0.3 is 0 Å². The van der Waals surface area contributed by atoms with Crippen LogP contribution in [0.25, 0.3) is 21.5 Å². The molecular weight excluding hydrogens is 280 g/mol. The molecular formula is C18H14O2S. The summed E-state index contributed by atoms with van der Waals surface area (Å²) in [6.07, 6.45) is -1.39. The summed E-state index contributed by atoms with van der Waals surface area (Å²) in [4.78, 5) is 0. The fourth-order valence-corrected chi connectivity index (χ4v) is 4.86. The van der Waals surface area contributed by atoms with Crippen molar-refractivity contribution < 1.29 is 10.2 Å². The van der Waals surface area contributed by atoms with Crippen LogP contribution < -0.4 is 0 Å². The van der Waals surface area contributed by atoms with Gasteiger partial charge in [0.05, 0.1) is 11.4 Å². The number of aliphatic hydroxyl groups is 2. The maximum Gasteiger partial charge on any atom is 0.106 e. The van der Waals surface area contributed by atoms with Gasteiger partial charge in [0.15, 0.2) is 0 Å². The quantitative estimate of drug-likeness (QED) is 0.492. The molecule has 0 amide bonds. The smallest absolute Gasteiger partial charge is 0.106 e. The van der Waals surface area contributed by atoms with Crippen molar-refractivity contribution in [3.8, 4) is 0 Å². The number of hydrogen-bond acceptors (Lipinski definition) is 3. The van der Waals surface area contributed by atoms with Gasteiger partial charge in [0, 0.05) is 5.25 Å². The molecule has 4 atom stereocenters. The summed E-state index contributed by atoms with van der Waals surface area (Å²) in [6, 6.07) is 16.8. The SMILES string of the molecule is O[C@H]1[C@H]2S[C@H]2c2c(ccc3cc4ccccc4cc23)[C@@H]1O. The summed E-state index contributed by atoms with van der Waals surface area (Å²) in [5, 5.41) is 25.8. The molecule has 0 bridgehead atoms. The third-order valence-electron chi connectivity index (χ3n) is 4.75. The Hall–Kier alpha value is -1.55. The van der Waals surface area contributed by atoms with Gasteiger partial charge in [-0.05, 0) is 44.8 Å². The zero-order valence-corrected chi connectivity index (χ0v) is 12.0. The third kappa shape index (κ3) is 1.57. The van der Waals surface area contributed by atoms with E-state index < -0.39 is 12.2 Å². The summed E-state index contributed by atoms with van der Waals surface area (Å²) < 4.78 is 0. The van der Waals surface area contributed by atoms with Gasteiger partial charge < -0.3 is 10.2 Å². The van der Waals surface area contributed by atoms with Crippen molar-refractivity contribution >= 4 is 33.3 Å². The first-order chi connectivity index (χ1) is 10.2. The first-order valence-corrected chi connectivity index (χ1v) is 8.15. The lowest BCUT2D eigenvalue weighted by atomic mass is 9.84. The van der Waals surface area contributed by atoms with E-state index in [-0.39, 0.29) is 5.25 Å². The second-order valence-electron chi connectivity index (χ2n) is 5.95. The van der Waals surface area contributed by atoms with Gasteiger partial charge in [0.1, 0.15) is 6.10 Å². The van der Waals surface area contributed by atoms with Crippen molar-refractivity contribution in [2.24, 2.45) is 0 Å². The van der Waals surface area contributed by atoms with Crippen LogP contribution in [0.3, 0.4) is 0 Å². The van der Waals surface area contributed by atoms with Gasteiger partial charge in [0.25, 0.3) is 0 Å². The monoisotopic (exact) mass is 294 g/mol. The first-order valence-electron chi connectivity index (χ1n) is 7.21. The molecule has 0 unspecified atom stereocenters. The molecule has 1 aliphatic carbocycles. The van der Waals surface area contributed by atoms with Crippen LogP contribution in [-0.2, 0) is 0 Å². The zero-order valence-electron chi connectivity index (χ0n) is 11.2. The van der Waals surface area contributed by atoms with E-state index in [1.165, 1.54) is 27.1 Å². The van der Waals surface area contributed by atoms with Crippen LogP contribution in [0.15, 0.2) is 48.5 Å². The largest absolute Gasteiger partial charge is 0.389 e. The Kier molecular flexibility index (Phi) is 2.30. The molecule has 2 aliphatic rings. The van der Waals surface area contributed by atoms with Gasteiger partial charge in [0.2, 0.25) is 0 Å². The van der Waals surface area contributed by atoms with Gasteiger partial charge in [-0.3, -0.25) is 0 Å². The van der Waals surface area contributed by atoms with Crippen molar-refractivity contribution in [1.29, 1.82) is 0 Å². The number of thioether (sulfide) groups is 1. The summed E-state index contributed by atoms with van der Waals surface area (Å²) in [6.45, 7) is 0. The molecule has 0 saturated carbocycles. The molecule has 3 aromatic rings. The second kappa shape index (κ2) is 4.01. The molecule has 0 spiro atoms. The van der Waals surface area contributed by atoms with Gasteiger partial charge in [-0.25, -0.2) is 0 Å². The summed E-state index contributed by atoms with van der Waals surface area (Å²) in [5.74, 6) is 0. The van der Waals surface area contributed by atoms with Crippen molar-refractivity contribution in [2.45, 2.75) is 22.7 Å². The Morgan fingerprint density at radius 2 is 1.62 bits per heavy atom. The standard InChI is InChI=1S/C18H14O2S/c19-15-12-6-5-11-7-9-3-1-2-4-10(9)8-13(11)14(12)17-18(21-17)16(15)20/h1-8,15-20H/t15-,16+,17-,18+/m0/s1. The van der Waals surface area contributed by atoms with E-state index >= 15 is 0 Å². The topological polar surface area (TPSA) is 40.5 Å². The summed E-state index contributed by atoms with van der Waals surface area (Å²) in [7, 11) is 0. The fourth-order valence-electron chi connectivity index (χ4n) is 3.61. The number of aliphatic hydroxyl groups excluding tert-OH is 2. The molecule has 21 heavy (non-hydrogen) atoms. The van der Waals surface area contributed by atoms with E-state index in [1.54, 1.807) is 11.8 Å². The molecule has 1 fully saturated rings. The Bertz CT molecular complexity index is 889. The van der Waals surface area contributed by atoms with Gasteiger partial charge in [-0.1, -0.05) is 36.4 Å². The Morgan fingerprint density at radius 3 is 2.43 bits per heavy atom. The molecule has 1 aliphatic heterocycles. The van der Waals surface area contributed by atoms with Crippen LogP contribution in [0.1, 0.15) is 22.5 Å². The summed E-state index contributed by atoms with van der Waals surface area (Å²) >= 11 is 1.76.